The second-order valence-electron chi connectivity index (χ2n) is 7.57. The first-order valence-electron chi connectivity index (χ1n) is 8.53. The van der Waals surface area contributed by atoms with Crippen LogP contribution < -0.4 is 10.1 Å². The molecule has 0 amide bonds. The van der Waals surface area contributed by atoms with Crippen molar-refractivity contribution in [2.75, 3.05) is 0 Å². The first-order chi connectivity index (χ1) is 11.5. The van der Waals surface area contributed by atoms with Gasteiger partial charge in [-0.25, -0.2) is 0 Å². The highest BCUT2D eigenvalue weighted by molar-refractivity contribution is 5.88. The fraction of sp³-hybridized carbons (Fsp3) is 0.273. The first kappa shape index (κ1) is 15.2. The molecule has 0 aromatic heterocycles. The minimum atomic E-state index is -0.121. The molecular weight excluding hydrogens is 294 g/mol. The van der Waals surface area contributed by atoms with Crippen molar-refractivity contribution in [3.63, 3.8) is 0 Å². The number of nitrogens with one attached hydrogen (secondary N) is 1. The van der Waals surface area contributed by atoms with E-state index >= 15 is 0 Å². The van der Waals surface area contributed by atoms with Crippen LogP contribution in [0.5, 0.6) is 5.75 Å². The molecule has 1 N–H and O–H groups in total. The third-order valence-corrected chi connectivity index (χ3v) is 4.75. The zero-order valence-corrected chi connectivity index (χ0v) is 14.4. The van der Waals surface area contributed by atoms with E-state index in [1.807, 2.05) is 6.07 Å². The lowest BCUT2D eigenvalue weighted by molar-refractivity contribution is 0.0878. The predicted octanol–water partition coefficient (Wildman–Crippen LogP) is 5.61. The van der Waals surface area contributed by atoms with Crippen LogP contribution in [-0.2, 0) is 0 Å². The van der Waals surface area contributed by atoms with Crippen molar-refractivity contribution in [2.45, 2.75) is 33.0 Å². The molecule has 0 radical (unpaired) electrons. The largest absolute Gasteiger partial charge is 0.471 e. The highest BCUT2D eigenvalue weighted by atomic mass is 16.5. The van der Waals surface area contributed by atoms with Crippen LogP contribution in [0.3, 0.4) is 0 Å². The average molecular weight is 317 g/mol. The Balaban J connectivity index is 1.88. The molecule has 3 aromatic carbocycles. The SMILES string of the molecule is CC(C)(C)[C@H]1N[C@@H](c2ccccc2)Oc2ccc3ccccc3c21. The lowest BCUT2D eigenvalue weighted by Crippen LogP contribution is -2.41. The van der Waals surface area contributed by atoms with Crippen LogP contribution in [0.25, 0.3) is 10.8 Å². The van der Waals surface area contributed by atoms with E-state index in [0.717, 1.165) is 11.3 Å². The minimum Gasteiger partial charge on any atom is -0.471 e. The summed E-state index contributed by atoms with van der Waals surface area (Å²) in [5.74, 6) is 0.987. The van der Waals surface area contributed by atoms with Gasteiger partial charge in [0.25, 0.3) is 0 Å². The second kappa shape index (κ2) is 5.64. The molecule has 1 aliphatic rings. The Bertz CT molecular complexity index is 864. The van der Waals surface area contributed by atoms with E-state index in [0.29, 0.717) is 0 Å². The summed E-state index contributed by atoms with van der Waals surface area (Å²) >= 11 is 0. The summed E-state index contributed by atoms with van der Waals surface area (Å²) in [5.41, 5.74) is 2.51. The zero-order chi connectivity index (χ0) is 16.7. The van der Waals surface area contributed by atoms with Crippen molar-refractivity contribution in [3.8, 4) is 5.75 Å². The van der Waals surface area contributed by atoms with E-state index in [9.17, 15) is 0 Å². The van der Waals surface area contributed by atoms with Crippen LogP contribution in [0.15, 0.2) is 66.7 Å². The molecule has 2 nitrogen and oxygen atoms in total. The monoisotopic (exact) mass is 317 g/mol. The number of hydrogen-bond acceptors (Lipinski definition) is 2. The number of fused-ring (bicyclic) bond motifs is 3. The van der Waals surface area contributed by atoms with E-state index < -0.39 is 0 Å². The van der Waals surface area contributed by atoms with Crippen LogP contribution in [0, 0.1) is 5.41 Å². The number of benzene rings is 3. The van der Waals surface area contributed by atoms with Gasteiger partial charge in [0.05, 0.1) is 0 Å². The zero-order valence-electron chi connectivity index (χ0n) is 14.4. The number of rotatable bonds is 1. The Morgan fingerprint density at radius 3 is 2.29 bits per heavy atom. The van der Waals surface area contributed by atoms with Gasteiger partial charge in [0.15, 0.2) is 6.23 Å². The van der Waals surface area contributed by atoms with Crippen LogP contribution in [-0.4, -0.2) is 0 Å². The molecule has 2 heteroatoms. The maximum absolute atomic E-state index is 6.34. The lowest BCUT2D eigenvalue weighted by Gasteiger charge is -2.41. The maximum Gasteiger partial charge on any atom is 0.177 e. The van der Waals surface area contributed by atoms with Gasteiger partial charge in [-0.15, -0.1) is 0 Å². The third kappa shape index (κ3) is 2.57. The van der Waals surface area contributed by atoms with Crippen LogP contribution in [0.4, 0.5) is 0 Å². The second-order valence-corrected chi connectivity index (χ2v) is 7.57. The first-order valence-corrected chi connectivity index (χ1v) is 8.53. The summed E-state index contributed by atoms with van der Waals surface area (Å²) in [4.78, 5) is 0. The summed E-state index contributed by atoms with van der Waals surface area (Å²) < 4.78 is 6.34. The van der Waals surface area contributed by atoms with E-state index in [2.05, 4.69) is 86.8 Å². The van der Waals surface area contributed by atoms with Crippen LogP contribution in [0.1, 0.15) is 44.2 Å². The van der Waals surface area contributed by atoms with Crippen molar-refractivity contribution in [3.05, 3.63) is 77.9 Å². The molecular formula is C22H23NO. The molecule has 24 heavy (non-hydrogen) atoms. The van der Waals surface area contributed by atoms with Crippen LogP contribution in [0.2, 0.25) is 0 Å². The molecule has 4 rings (SSSR count). The highest BCUT2D eigenvalue weighted by Crippen LogP contribution is 2.46. The van der Waals surface area contributed by atoms with E-state index in [-0.39, 0.29) is 17.7 Å². The Hall–Kier alpha value is -2.32. The molecule has 0 saturated heterocycles. The standard InChI is InChI=1S/C22H23NO/c1-22(2,3)20-19-17-12-8-7-9-15(17)13-14-18(19)24-21(23-20)16-10-5-4-6-11-16/h4-14,20-21,23H,1-3H3/t20-,21+/m0/s1. The Morgan fingerprint density at radius 1 is 0.833 bits per heavy atom. The summed E-state index contributed by atoms with van der Waals surface area (Å²) in [6, 6.07) is 23.4. The predicted molar refractivity (Wildman–Crippen MR) is 99.1 cm³/mol. The Kier molecular flexibility index (Phi) is 3.58. The molecule has 1 heterocycles. The topological polar surface area (TPSA) is 21.3 Å². The summed E-state index contributed by atoms with van der Waals surface area (Å²) in [7, 11) is 0. The van der Waals surface area contributed by atoms with Gasteiger partial charge in [-0.05, 0) is 22.3 Å². The van der Waals surface area contributed by atoms with Gasteiger partial charge in [0.2, 0.25) is 0 Å². The highest BCUT2D eigenvalue weighted by Gasteiger charge is 2.36. The van der Waals surface area contributed by atoms with Crippen molar-refractivity contribution in [2.24, 2.45) is 5.41 Å². The van der Waals surface area contributed by atoms with Gasteiger partial charge in [-0.2, -0.15) is 0 Å². The van der Waals surface area contributed by atoms with Gasteiger partial charge in [0, 0.05) is 17.2 Å². The molecule has 0 fully saturated rings. The van der Waals surface area contributed by atoms with Gasteiger partial charge in [-0.3, -0.25) is 5.32 Å². The lowest BCUT2D eigenvalue weighted by atomic mass is 9.79. The normalized spacial score (nSPS) is 20.5. The van der Waals surface area contributed by atoms with Crippen molar-refractivity contribution in [1.82, 2.24) is 5.32 Å². The summed E-state index contributed by atoms with van der Waals surface area (Å²) in [5, 5.41) is 6.27. The Morgan fingerprint density at radius 2 is 1.54 bits per heavy atom. The molecule has 2 atom stereocenters. The fourth-order valence-corrected chi connectivity index (χ4v) is 3.55. The molecule has 0 bridgehead atoms. The maximum atomic E-state index is 6.34. The average Bonchev–Trinajstić information content (AvgIpc) is 2.60. The molecule has 0 unspecified atom stereocenters. The molecule has 1 aliphatic heterocycles. The third-order valence-electron chi connectivity index (χ3n) is 4.75. The summed E-state index contributed by atoms with van der Waals surface area (Å²) in [6.45, 7) is 6.84. The Labute approximate surface area is 143 Å². The van der Waals surface area contributed by atoms with E-state index in [1.165, 1.54) is 16.3 Å². The molecule has 122 valence electrons. The number of ether oxygens (including phenoxy) is 1. The fourth-order valence-electron chi connectivity index (χ4n) is 3.55. The molecule has 0 saturated carbocycles. The molecule has 0 aliphatic carbocycles. The smallest absolute Gasteiger partial charge is 0.177 e. The van der Waals surface area contributed by atoms with E-state index in [1.54, 1.807) is 0 Å². The summed E-state index contributed by atoms with van der Waals surface area (Å²) in [6.07, 6.45) is -0.121. The minimum absolute atomic E-state index is 0.0791. The van der Waals surface area contributed by atoms with Crippen molar-refractivity contribution >= 4 is 10.8 Å². The van der Waals surface area contributed by atoms with Crippen molar-refractivity contribution < 1.29 is 4.74 Å². The van der Waals surface area contributed by atoms with E-state index in [4.69, 9.17) is 4.74 Å². The van der Waals surface area contributed by atoms with Gasteiger partial charge < -0.3 is 4.74 Å². The quantitative estimate of drug-likeness (QED) is 0.630. The van der Waals surface area contributed by atoms with Gasteiger partial charge in [0.1, 0.15) is 5.75 Å². The van der Waals surface area contributed by atoms with Gasteiger partial charge >= 0.3 is 0 Å². The van der Waals surface area contributed by atoms with Crippen molar-refractivity contribution in [1.29, 1.82) is 0 Å². The molecule has 0 spiro atoms. The molecule has 3 aromatic rings. The number of hydrogen-bond donors (Lipinski definition) is 1. The van der Waals surface area contributed by atoms with Crippen LogP contribution >= 0.6 is 0 Å². The van der Waals surface area contributed by atoms with Gasteiger partial charge in [-0.1, -0.05) is 81.4 Å².